The highest BCUT2D eigenvalue weighted by molar-refractivity contribution is 5.94. The average Bonchev–Trinajstić information content (AvgIpc) is 2.66. The SMILES string of the molecule is CC(C)CC(N)C(=O)NCC(=O)NC(CC(N)=O)C(=O)NC(CCCN=C(N)N)C(=O)O. The molecule has 0 aromatic carbocycles. The quantitative estimate of drug-likeness (QED) is 0.0685. The molecule has 12 N–H and O–H groups in total. The molecule has 0 heterocycles. The summed E-state index contributed by atoms with van der Waals surface area (Å²) in [5.41, 5.74) is 21.2. The molecule has 14 nitrogen and oxygen atoms in total. The van der Waals surface area contributed by atoms with Crippen LogP contribution in [-0.4, -0.2) is 71.9 Å². The first-order valence-corrected chi connectivity index (χ1v) is 10.0. The molecule has 3 atom stereocenters. The van der Waals surface area contributed by atoms with Crippen LogP contribution in [0.2, 0.25) is 0 Å². The minimum absolute atomic E-state index is 0.00110. The summed E-state index contributed by atoms with van der Waals surface area (Å²) in [6, 6.07) is -3.54. The van der Waals surface area contributed by atoms with Gasteiger partial charge in [-0.2, -0.15) is 0 Å². The van der Waals surface area contributed by atoms with Crippen molar-refractivity contribution in [3.8, 4) is 0 Å². The summed E-state index contributed by atoms with van der Waals surface area (Å²) in [4.78, 5) is 62.9. The van der Waals surface area contributed by atoms with Crippen LogP contribution in [0.5, 0.6) is 0 Å². The van der Waals surface area contributed by atoms with Crippen LogP contribution in [0.3, 0.4) is 0 Å². The highest BCUT2D eigenvalue weighted by Crippen LogP contribution is 2.03. The predicted octanol–water partition coefficient (Wildman–Crippen LogP) is -3.54. The number of rotatable bonds is 15. The second kappa shape index (κ2) is 14.6. The molecule has 0 bridgehead atoms. The molecule has 0 aliphatic carbocycles. The number of guanidine groups is 1. The number of carbonyl (C=O) groups excluding carboxylic acids is 4. The van der Waals surface area contributed by atoms with Crippen LogP contribution in [0.15, 0.2) is 4.99 Å². The summed E-state index contributed by atoms with van der Waals surface area (Å²) in [5, 5.41) is 16.1. The summed E-state index contributed by atoms with van der Waals surface area (Å²) >= 11 is 0. The highest BCUT2D eigenvalue weighted by Gasteiger charge is 2.28. The van der Waals surface area contributed by atoms with Crippen molar-refractivity contribution in [1.29, 1.82) is 0 Å². The van der Waals surface area contributed by atoms with Gasteiger partial charge in [-0.25, -0.2) is 4.79 Å². The van der Waals surface area contributed by atoms with Gasteiger partial charge in [0, 0.05) is 6.54 Å². The van der Waals surface area contributed by atoms with Gasteiger partial charge >= 0.3 is 5.97 Å². The van der Waals surface area contributed by atoms with Crippen LogP contribution in [0.25, 0.3) is 0 Å². The first-order valence-electron chi connectivity index (χ1n) is 10.0. The van der Waals surface area contributed by atoms with E-state index in [-0.39, 0.29) is 31.3 Å². The van der Waals surface area contributed by atoms with E-state index in [1.807, 2.05) is 13.8 Å². The largest absolute Gasteiger partial charge is 0.480 e. The van der Waals surface area contributed by atoms with Gasteiger partial charge in [0.05, 0.1) is 19.0 Å². The lowest BCUT2D eigenvalue weighted by atomic mass is 10.0. The fourth-order valence-corrected chi connectivity index (χ4v) is 2.60. The normalized spacial score (nSPS) is 13.4. The lowest BCUT2D eigenvalue weighted by molar-refractivity contribution is -0.142. The van der Waals surface area contributed by atoms with Crippen molar-refractivity contribution in [2.75, 3.05) is 13.1 Å². The van der Waals surface area contributed by atoms with Gasteiger partial charge < -0.3 is 44.0 Å². The molecule has 0 radical (unpaired) electrons. The summed E-state index contributed by atoms with van der Waals surface area (Å²) in [5.74, 6) is -4.44. The van der Waals surface area contributed by atoms with Crippen molar-refractivity contribution < 1.29 is 29.1 Å². The molecule has 4 amide bonds. The fraction of sp³-hybridized carbons (Fsp3) is 0.667. The maximum Gasteiger partial charge on any atom is 0.326 e. The molecule has 0 aliphatic heterocycles. The van der Waals surface area contributed by atoms with Crippen LogP contribution < -0.4 is 38.9 Å². The van der Waals surface area contributed by atoms with E-state index in [9.17, 15) is 29.1 Å². The van der Waals surface area contributed by atoms with E-state index in [2.05, 4.69) is 20.9 Å². The maximum atomic E-state index is 12.5. The molecular weight excluding hydrogens is 424 g/mol. The molecule has 0 aromatic heterocycles. The van der Waals surface area contributed by atoms with Gasteiger partial charge in [-0.1, -0.05) is 13.8 Å². The highest BCUT2D eigenvalue weighted by atomic mass is 16.4. The molecule has 32 heavy (non-hydrogen) atoms. The third-order valence-electron chi connectivity index (χ3n) is 4.10. The molecule has 0 fully saturated rings. The van der Waals surface area contributed by atoms with Crippen molar-refractivity contribution in [1.82, 2.24) is 16.0 Å². The minimum Gasteiger partial charge on any atom is -0.480 e. The third-order valence-corrected chi connectivity index (χ3v) is 4.10. The number of aliphatic carboxylic acids is 1. The summed E-state index contributed by atoms with van der Waals surface area (Å²) in [6.45, 7) is 3.44. The Bertz CT molecular complexity index is 708. The Morgan fingerprint density at radius 3 is 2.09 bits per heavy atom. The van der Waals surface area contributed by atoms with Crippen molar-refractivity contribution in [3.05, 3.63) is 0 Å². The third kappa shape index (κ3) is 13.0. The van der Waals surface area contributed by atoms with Crippen molar-refractivity contribution in [2.45, 2.75) is 57.7 Å². The van der Waals surface area contributed by atoms with E-state index in [0.717, 1.165) is 0 Å². The van der Waals surface area contributed by atoms with Gasteiger partial charge in [0.15, 0.2) is 5.96 Å². The molecule has 182 valence electrons. The Morgan fingerprint density at radius 1 is 0.969 bits per heavy atom. The molecule has 0 aliphatic rings. The number of primary amides is 1. The number of carbonyl (C=O) groups is 5. The van der Waals surface area contributed by atoms with E-state index < -0.39 is 60.7 Å². The second-order valence-corrected chi connectivity index (χ2v) is 7.59. The Kier molecular flexibility index (Phi) is 13.0. The zero-order valence-corrected chi connectivity index (χ0v) is 18.3. The predicted molar refractivity (Wildman–Crippen MR) is 116 cm³/mol. The number of carboxylic acids is 1. The molecule has 0 spiro atoms. The minimum atomic E-state index is -1.43. The lowest BCUT2D eigenvalue weighted by Crippen LogP contribution is -2.54. The summed E-state index contributed by atoms with van der Waals surface area (Å²) in [7, 11) is 0. The standard InChI is InChI=1S/C18H34N8O6/c1-9(2)6-10(19)15(29)24-8-14(28)25-12(7-13(20)27)16(30)26-11(17(31)32)4-3-5-23-18(21)22/h9-12H,3-8,19H2,1-2H3,(H2,20,27)(H,24,29)(H,25,28)(H,26,30)(H,31,32)(H4,21,22,23). The Balaban J connectivity index is 4.92. The Labute approximate surface area is 185 Å². The summed E-state index contributed by atoms with van der Waals surface area (Å²) < 4.78 is 0. The van der Waals surface area contributed by atoms with Gasteiger partial charge in [0.2, 0.25) is 23.6 Å². The first-order chi connectivity index (χ1) is 14.8. The number of hydrogen-bond donors (Lipinski definition) is 8. The van der Waals surface area contributed by atoms with Gasteiger partial charge in [-0.05, 0) is 25.2 Å². The Hall–Kier alpha value is -3.42. The molecule has 14 heteroatoms. The van der Waals surface area contributed by atoms with Gasteiger partial charge in [0.1, 0.15) is 12.1 Å². The first kappa shape index (κ1) is 28.6. The fourth-order valence-electron chi connectivity index (χ4n) is 2.60. The van der Waals surface area contributed by atoms with Gasteiger partial charge in [-0.3, -0.25) is 24.2 Å². The molecule has 0 saturated carbocycles. The second-order valence-electron chi connectivity index (χ2n) is 7.59. The number of carboxylic acid groups (broad SMARTS) is 1. The van der Waals surface area contributed by atoms with E-state index in [1.165, 1.54) is 0 Å². The average molecular weight is 459 g/mol. The van der Waals surface area contributed by atoms with Crippen LogP contribution in [-0.2, 0) is 24.0 Å². The van der Waals surface area contributed by atoms with E-state index in [1.54, 1.807) is 0 Å². The van der Waals surface area contributed by atoms with Crippen LogP contribution in [0.4, 0.5) is 0 Å². The molecular formula is C18H34N8O6. The van der Waals surface area contributed by atoms with Gasteiger partial charge in [0.25, 0.3) is 0 Å². The topological polar surface area (TPSA) is 258 Å². The maximum absolute atomic E-state index is 12.5. The summed E-state index contributed by atoms with van der Waals surface area (Å²) in [6.07, 6.45) is 0.0994. The number of amides is 4. The molecule has 0 rings (SSSR count). The number of nitrogens with one attached hydrogen (secondary N) is 3. The van der Waals surface area contributed by atoms with Crippen LogP contribution >= 0.6 is 0 Å². The number of nitrogens with zero attached hydrogens (tertiary/aromatic N) is 1. The van der Waals surface area contributed by atoms with Crippen molar-refractivity contribution in [3.63, 3.8) is 0 Å². The lowest BCUT2D eigenvalue weighted by Gasteiger charge is -2.21. The van der Waals surface area contributed by atoms with Gasteiger partial charge in [-0.15, -0.1) is 0 Å². The Morgan fingerprint density at radius 2 is 1.59 bits per heavy atom. The monoisotopic (exact) mass is 458 g/mol. The smallest absolute Gasteiger partial charge is 0.326 e. The van der Waals surface area contributed by atoms with Crippen molar-refractivity contribution >= 4 is 35.6 Å². The van der Waals surface area contributed by atoms with E-state index in [4.69, 9.17) is 22.9 Å². The molecule has 0 aromatic rings. The zero-order valence-electron chi connectivity index (χ0n) is 18.3. The zero-order chi connectivity index (χ0) is 24.8. The van der Waals surface area contributed by atoms with Crippen LogP contribution in [0, 0.1) is 5.92 Å². The van der Waals surface area contributed by atoms with Crippen molar-refractivity contribution in [2.24, 2.45) is 33.8 Å². The van der Waals surface area contributed by atoms with Crippen LogP contribution in [0.1, 0.15) is 39.5 Å². The number of nitrogens with two attached hydrogens (primary N) is 4. The van der Waals surface area contributed by atoms with E-state index in [0.29, 0.717) is 6.42 Å². The molecule has 3 unspecified atom stereocenters. The number of hydrogen-bond acceptors (Lipinski definition) is 7. The molecule has 0 saturated heterocycles. The van der Waals surface area contributed by atoms with E-state index >= 15 is 0 Å². The number of aliphatic imine (C=N–C) groups is 1.